The molecule has 3 rings (SSSR count). The second-order valence-electron chi connectivity index (χ2n) is 8.06. The molecule has 0 bridgehead atoms. The van der Waals surface area contributed by atoms with Gasteiger partial charge in [-0.2, -0.15) is 26.3 Å². The van der Waals surface area contributed by atoms with Crippen molar-refractivity contribution in [1.29, 1.82) is 0 Å². The van der Waals surface area contributed by atoms with Crippen molar-refractivity contribution in [3.05, 3.63) is 57.9 Å². The van der Waals surface area contributed by atoms with E-state index in [4.69, 9.17) is 24.2 Å². The molecule has 0 radical (unpaired) electrons. The number of pyridine rings is 1. The molecule has 208 valence electrons. The minimum atomic E-state index is -5.08. The van der Waals surface area contributed by atoms with E-state index >= 15 is 0 Å². The average Bonchev–Trinajstić information content (AvgIpc) is 3.19. The number of aliphatic carboxylic acids is 2. The number of aromatic nitrogens is 1. The first kappa shape index (κ1) is 31.7. The second-order valence-corrected chi connectivity index (χ2v) is 8.06. The first-order chi connectivity index (χ1) is 17.0. The molecule has 9 nitrogen and oxygen atoms in total. The highest BCUT2D eigenvalue weighted by Gasteiger charge is 2.38. The molecule has 0 atom stereocenters. The third-order valence-corrected chi connectivity index (χ3v) is 4.97. The van der Waals surface area contributed by atoms with Gasteiger partial charge in [-0.15, -0.1) is 0 Å². The Morgan fingerprint density at radius 2 is 1.51 bits per heavy atom. The van der Waals surface area contributed by atoms with Gasteiger partial charge in [-0.05, 0) is 38.2 Å². The van der Waals surface area contributed by atoms with Gasteiger partial charge >= 0.3 is 24.3 Å². The number of hydrogen-bond donors (Lipinski definition) is 2. The molecule has 1 aliphatic rings. The maximum Gasteiger partial charge on any atom is 0.490 e. The Labute approximate surface area is 207 Å². The summed E-state index contributed by atoms with van der Waals surface area (Å²) in [6, 6.07) is 7.68. The van der Waals surface area contributed by atoms with E-state index in [-0.39, 0.29) is 5.56 Å². The van der Waals surface area contributed by atoms with Crippen LogP contribution in [0, 0.1) is 0 Å². The summed E-state index contributed by atoms with van der Waals surface area (Å²) in [6.45, 7) is 4.43. The number of likely N-dealkylation sites (N-methyl/N-ethyl adjacent to an activating group) is 1. The largest absolute Gasteiger partial charge is 0.490 e. The molecule has 0 fully saturated rings. The summed E-state index contributed by atoms with van der Waals surface area (Å²) in [6.07, 6.45) is -6.54. The van der Waals surface area contributed by atoms with Crippen LogP contribution in [-0.4, -0.2) is 82.6 Å². The molecule has 0 unspecified atom stereocenters. The standard InChI is InChI=1S/C18H25N3O2.2C2HF3O2/c1-19(2)11-12-21-17-8-10-20(14-16-4-3-13-23-16)9-7-15(17)5-6-18(21)22;2*3-2(4,5)1(6)7/h3-6,13H,7-12,14H2,1-2H3;2*(H,6,7). The van der Waals surface area contributed by atoms with Crippen LogP contribution in [0.3, 0.4) is 0 Å². The second kappa shape index (κ2) is 13.8. The van der Waals surface area contributed by atoms with E-state index < -0.39 is 24.3 Å². The lowest BCUT2D eigenvalue weighted by Crippen LogP contribution is -2.30. The zero-order valence-electron chi connectivity index (χ0n) is 20.0. The van der Waals surface area contributed by atoms with Gasteiger partial charge in [0, 0.05) is 44.4 Å². The minimum absolute atomic E-state index is 0.116. The monoisotopic (exact) mass is 543 g/mol. The quantitative estimate of drug-likeness (QED) is 0.554. The van der Waals surface area contributed by atoms with Gasteiger partial charge < -0.3 is 24.1 Å². The first-order valence-corrected chi connectivity index (χ1v) is 10.7. The molecule has 0 aromatic carbocycles. The maximum atomic E-state index is 12.3. The fourth-order valence-electron chi connectivity index (χ4n) is 3.17. The SMILES string of the molecule is CN(C)CCn1c2c(ccc1=O)CCN(Cc1ccco1)CC2.O=C(O)C(F)(F)F.O=C(O)C(F)(F)F. The summed E-state index contributed by atoms with van der Waals surface area (Å²) < 4.78 is 70.9. The number of alkyl halides is 6. The third kappa shape index (κ3) is 11.5. The summed E-state index contributed by atoms with van der Waals surface area (Å²) in [5.41, 5.74) is 2.64. The van der Waals surface area contributed by atoms with Crippen LogP contribution < -0.4 is 5.56 Å². The molecule has 0 aliphatic carbocycles. The van der Waals surface area contributed by atoms with Crippen molar-refractivity contribution < 1.29 is 50.6 Å². The number of furan rings is 1. The van der Waals surface area contributed by atoms with Gasteiger partial charge in [-0.25, -0.2) is 9.59 Å². The van der Waals surface area contributed by atoms with Crippen molar-refractivity contribution in [2.24, 2.45) is 0 Å². The van der Waals surface area contributed by atoms with Gasteiger partial charge in [-0.3, -0.25) is 9.69 Å². The molecule has 15 heteroatoms. The van der Waals surface area contributed by atoms with Crippen LogP contribution in [0.4, 0.5) is 26.3 Å². The Bertz CT molecular complexity index is 1040. The van der Waals surface area contributed by atoms with E-state index in [1.807, 2.05) is 36.9 Å². The number of carbonyl (C=O) groups is 2. The average molecular weight is 543 g/mol. The summed E-state index contributed by atoms with van der Waals surface area (Å²) in [4.78, 5) is 34.6. The number of halogens is 6. The van der Waals surface area contributed by atoms with Crippen molar-refractivity contribution in [3.63, 3.8) is 0 Å². The molecule has 2 aromatic rings. The number of carboxylic acid groups (broad SMARTS) is 2. The molecule has 0 spiro atoms. The van der Waals surface area contributed by atoms with Gasteiger partial charge in [0.2, 0.25) is 0 Å². The molecule has 2 aromatic heterocycles. The summed E-state index contributed by atoms with van der Waals surface area (Å²) >= 11 is 0. The Kier molecular flexibility index (Phi) is 11.9. The molecular weight excluding hydrogens is 516 g/mol. The zero-order valence-corrected chi connectivity index (χ0v) is 20.0. The van der Waals surface area contributed by atoms with Gasteiger partial charge in [0.1, 0.15) is 5.76 Å². The van der Waals surface area contributed by atoms with Gasteiger partial charge in [-0.1, -0.05) is 6.07 Å². The minimum Gasteiger partial charge on any atom is -0.475 e. The third-order valence-electron chi connectivity index (χ3n) is 4.97. The molecule has 1 aliphatic heterocycles. The van der Waals surface area contributed by atoms with Crippen LogP contribution in [0.2, 0.25) is 0 Å². The van der Waals surface area contributed by atoms with Crippen molar-refractivity contribution >= 4 is 11.9 Å². The number of carboxylic acids is 2. The lowest BCUT2D eigenvalue weighted by atomic mass is 10.1. The molecule has 3 heterocycles. The lowest BCUT2D eigenvalue weighted by Gasteiger charge is -2.18. The predicted molar refractivity (Wildman–Crippen MR) is 118 cm³/mol. The highest BCUT2D eigenvalue weighted by atomic mass is 19.4. The molecule has 0 amide bonds. The van der Waals surface area contributed by atoms with Crippen molar-refractivity contribution in [1.82, 2.24) is 14.4 Å². The van der Waals surface area contributed by atoms with Gasteiger partial charge in [0.15, 0.2) is 0 Å². The van der Waals surface area contributed by atoms with Gasteiger partial charge in [0.05, 0.1) is 12.8 Å². The topological polar surface area (TPSA) is 116 Å². The van der Waals surface area contributed by atoms with Crippen LogP contribution in [0.25, 0.3) is 0 Å². The predicted octanol–water partition coefficient (Wildman–Crippen LogP) is 2.87. The van der Waals surface area contributed by atoms with Gasteiger partial charge in [0.25, 0.3) is 5.56 Å². The molecule has 2 N–H and O–H groups in total. The molecule has 0 saturated carbocycles. The number of hydrogen-bond acceptors (Lipinski definition) is 6. The van der Waals surface area contributed by atoms with Crippen LogP contribution in [-0.2, 0) is 35.5 Å². The summed E-state index contributed by atoms with van der Waals surface area (Å²) in [5.74, 6) is -4.51. The zero-order chi connectivity index (χ0) is 28.4. The van der Waals surface area contributed by atoms with Crippen molar-refractivity contribution in [2.75, 3.05) is 33.7 Å². The van der Waals surface area contributed by atoms with E-state index in [0.29, 0.717) is 0 Å². The van der Waals surface area contributed by atoms with E-state index in [0.717, 1.165) is 51.3 Å². The normalized spacial score (nSPS) is 14.0. The Morgan fingerprint density at radius 1 is 0.973 bits per heavy atom. The number of rotatable bonds is 5. The van der Waals surface area contributed by atoms with Crippen LogP contribution in [0.15, 0.2) is 39.7 Å². The maximum absolute atomic E-state index is 12.3. The van der Waals surface area contributed by atoms with Crippen LogP contribution >= 0.6 is 0 Å². The Morgan fingerprint density at radius 3 is 1.97 bits per heavy atom. The Balaban J connectivity index is 0.000000404. The molecular formula is C22H27F6N3O6. The fraction of sp³-hybridized carbons (Fsp3) is 0.500. The van der Waals surface area contributed by atoms with E-state index in [1.165, 1.54) is 11.3 Å². The van der Waals surface area contributed by atoms with E-state index in [1.54, 1.807) is 12.3 Å². The summed E-state index contributed by atoms with van der Waals surface area (Å²) in [7, 11) is 4.08. The van der Waals surface area contributed by atoms with E-state index in [9.17, 15) is 31.1 Å². The van der Waals surface area contributed by atoms with Crippen LogP contribution in [0.5, 0.6) is 0 Å². The Hall–Kier alpha value is -3.33. The lowest BCUT2D eigenvalue weighted by molar-refractivity contribution is -0.193. The summed E-state index contributed by atoms with van der Waals surface area (Å²) in [5, 5.41) is 14.2. The molecule has 37 heavy (non-hydrogen) atoms. The van der Waals surface area contributed by atoms with Crippen molar-refractivity contribution in [3.8, 4) is 0 Å². The smallest absolute Gasteiger partial charge is 0.475 e. The highest BCUT2D eigenvalue weighted by Crippen LogP contribution is 2.17. The van der Waals surface area contributed by atoms with Crippen molar-refractivity contribution in [2.45, 2.75) is 38.3 Å². The fourth-order valence-corrected chi connectivity index (χ4v) is 3.17. The van der Waals surface area contributed by atoms with Crippen LogP contribution in [0.1, 0.15) is 17.0 Å². The molecule has 0 saturated heterocycles. The first-order valence-electron chi connectivity index (χ1n) is 10.7. The van der Waals surface area contributed by atoms with E-state index in [2.05, 4.69) is 9.80 Å². The number of nitrogens with zero attached hydrogens (tertiary/aromatic N) is 3. The highest BCUT2D eigenvalue weighted by molar-refractivity contribution is 5.73. The number of fused-ring (bicyclic) bond motifs is 1.